The van der Waals surface area contributed by atoms with Crippen molar-refractivity contribution in [3.63, 3.8) is 0 Å². The van der Waals surface area contributed by atoms with Crippen LogP contribution in [0.1, 0.15) is 18.4 Å². The Balaban J connectivity index is 0.00000182. The van der Waals surface area contributed by atoms with E-state index in [2.05, 4.69) is 10.3 Å². The summed E-state index contributed by atoms with van der Waals surface area (Å²) >= 11 is 0. The summed E-state index contributed by atoms with van der Waals surface area (Å²) in [5.41, 5.74) is 5.93. The topological polar surface area (TPSA) is 86.5 Å². The molecule has 0 bridgehead atoms. The summed E-state index contributed by atoms with van der Waals surface area (Å²) in [4.78, 5) is 16.6. The van der Waals surface area contributed by atoms with Crippen LogP contribution in [0.3, 0.4) is 0 Å². The van der Waals surface area contributed by atoms with Crippen LogP contribution in [0, 0.1) is 5.82 Å². The highest BCUT2D eigenvalue weighted by molar-refractivity contribution is 5.86. The molecule has 0 unspecified atom stereocenters. The Morgan fingerprint density at radius 2 is 2.00 bits per heavy atom. The lowest BCUT2D eigenvalue weighted by molar-refractivity contribution is -0.129. The highest BCUT2D eigenvalue weighted by atomic mass is 35.5. The van der Waals surface area contributed by atoms with Gasteiger partial charge in [0.25, 0.3) is 0 Å². The molecule has 0 atom stereocenters. The molecule has 1 aliphatic heterocycles. The first-order chi connectivity index (χ1) is 12.1. The first kappa shape index (κ1) is 23.1. The number of pyridine rings is 1. The third-order valence-corrected chi connectivity index (χ3v) is 4.14. The second kappa shape index (κ2) is 10.4. The predicted molar refractivity (Wildman–Crippen MR) is 104 cm³/mol. The number of rotatable bonds is 5. The van der Waals surface area contributed by atoms with Crippen molar-refractivity contribution >= 4 is 30.7 Å². The maximum atomic E-state index is 13.3. The normalized spacial score (nSPS) is 15.0. The number of nitrogens with one attached hydrogen (secondary N) is 1. The van der Waals surface area contributed by atoms with Gasteiger partial charge in [-0.05, 0) is 31.0 Å². The van der Waals surface area contributed by atoms with Crippen molar-refractivity contribution in [1.29, 1.82) is 0 Å². The Morgan fingerprint density at radius 1 is 1.26 bits per heavy atom. The maximum absolute atomic E-state index is 13.3. The number of benzene rings is 1. The van der Waals surface area contributed by atoms with Crippen LogP contribution >= 0.6 is 24.8 Å². The molecule has 0 saturated carbocycles. The van der Waals surface area contributed by atoms with Crippen molar-refractivity contribution in [2.75, 3.05) is 13.2 Å². The molecule has 3 rings (SSSR count). The zero-order valence-corrected chi connectivity index (χ0v) is 16.2. The Hall–Kier alpha value is -1.93. The van der Waals surface area contributed by atoms with Crippen LogP contribution in [0.25, 0.3) is 0 Å². The lowest BCUT2D eigenvalue weighted by Gasteiger charge is -2.31. The van der Waals surface area contributed by atoms with E-state index in [1.807, 2.05) is 0 Å². The van der Waals surface area contributed by atoms with Crippen molar-refractivity contribution in [2.24, 2.45) is 5.73 Å². The molecule has 0 aliphatic carbocycles. The third kappa shape index (κ3) is 6.04. The molecule has 1 fully saturated rings. The van der Waals surface area contributed by atoms with Gasteiger partial charge in [-0.25, -0.2) is 9.37 Å². The summed E-state index contributed by atoms with van der Waals surface area (Å²) in [6, 6.07) is 9.33. The van der Waals surface area contributed by atoms with Gasteiger partial charge in [-0.2, -0.15) is 0 Å². The predicted octanol–water partition coefficient (Wildman–Crippen LogP) is 2.98. The lowest BCUT2D eigenvalue weighted by atomic mass is 9.90. The van der Waals surface area contributed by atoms with Gasteiger partial charge in [-0.3, -0.25) is 4.79 Å². The van der Waals surface area contributed by atoms with Crippen molar-refractivity contribution in [3.05, 3.63) is 54.0 Å². The maximum Gasteiger partial charge on any atom is 0.240 e. The second-order valence-corrected chi connectivity index (χ2v) is 5.98. The van der Waals surface area contributed by atoms with Gasteiger partial charge in [0.05, 0.1) is 5.54 Å². The Morgan fingerprint density at radius 3 is 2.70 bits per heavy atom. The van der Waals surface area contributed by atoms with E-state index in [1.165, 1.54) is 12.1 Å². The average molecular weight is 418 g/mol. The van der Waals surface area contributed by atoms with Gasteiger partial charge in [-0.1, -0.05) is 12.1 Å². The van der Waals surface area contributed by atoms with Gasteiger partial charge in [-0.15, -0.1) is 24.8 Å². The van der Waals surface area contributed by atoms with E-state index in [1.54, 1.807) is 30.5 Å². The van der Waals surface area contributed by atoms with Gasteiger partial charge in [0.2, 0.25) is 11.8 Å². The van der Waals surface area contributed by atoms with Gasteiger partial charge in [0.1, 0.15) is 11.6 Å². The smallest absolute Gasteiger partial charge is 0.240 e. The number of halogens is 3. The molecule has 27 heavy (non-hydrogen) atoms. The van der Waals surface area contributed by atoms with Crippen molar-refractivity contribution in [2.45, 2.75) is 24.9 Å². The first-order valence-electron chi connectivity index (χ1n) is 8.09. The largest absolute Gasteiger partial charge is 0.439 e. The molecule has 1 amide bonds. The van der Waals surface area contributed by atoms with E-state index < -0.39 is 11.4 Å². The average Bonchev–Trinajstić information content (AvgIpc) is 2.61. The van der Waals surface area contributed by atoms with E-state index in [-0.39, 0.29) is 37.3 Å². The number of carbonyl (C=O) groups excluding carboxylic acids is 1. The van der Waals surface area contributed by atoms with Crippen molar-refractivity contribution in [3.8, 4) is 11.6 Å². The number of carbonyl (C=O) groups is 1. The van der Waals surface area contributed by atoms with E-state index >= 15 is 0 Å². The van der Waals surface area contributed by atoms with Crippen LogP contribution < -0.4 is 15.8 Å². The first-order valence-corrected chi connectivity index (χ1v) is 8.09. The molecule has 1 aliphatic rings. The molecule has 6 nitrogen and oxygen atoms in total. The number of hydrogen-bond donors (Lipinski definition) is 2. The summed E-state index contributed by atoms with van der Waals surface area (Å²) in [6.07, 6.45) is 2.54. The molecule has 2 heterocycles. The molecule has 1 aromatic heterocycles. The van der Waals surface area contributed by atoms with Crippen LogP contribution in [0.4, 0.5) is 4.39 Å². The lowest BCUT2D eigenvalue weighted by Crippen LogP contribution is -2.56. The summed E-state index contributed by atoms with van der Waals surface area (Å²) in [5.74, 6) is 0.0293. The van der Waals surface area contributed by atoms with Gasteiger partial charge in [0, 0.05) is 37.6 Å². The van der Waals surface area contributed by atoms with Gasteiger partial charge < -0.3 is 20.5 Å². The fraction of sp³-hybridized carbons (Fsp3) is 0.333. The highest BCUT2D eigenvalue weighted by Gasteiger charge is 2.35. The molecule has 0 spiro atoms. The minimum Gasteiger partial charge on any atom is -0.439 e. The fourth-order valence-corrected chi connectivity index (χ4v) is 2.61. The molecule has 148 valence electrons. The van der Waals surface area contributed by atoms with E-state index in [4.69, 9.17) is 15.2 Å². The molecular weight excluding hydrogens is 396 g/mol. The van der Waals surface area contributed by atoms with Gasteiger partial charge >= 0.3 is 0 Å². The fourth-order valence-electron chi connectivity index (χ4n) is 2.61. The van der Waals surface area contributed by atoms with Crippen LogP contribution in [0.5, 0.6) is 11.6 Å². The molecule has 9 heteroatoms. The number of nitrogens with zero attached hydrogens (tertiary/aromatic N) is 1. The second-order valence-electron chi connectivity index (χ2n) is 5.98. The number of aromatic nitrogens is 1. The highest BCUT2D eigenvalue weighted by Crippen LogP contribution is 2.24. The van der Waals surface area contributed by atoms with Crippen LogP contribution in [0.15, 0.2) is 42.6 Å². The van der Waals surface area contributed by atoms with Crippen molar-refractivity contribution in [1.82, 2.24) is 10.3 Å². The van der Waals surface area contributed by atoms with Crippen molar-refractivity contribution < 1.29 is 18.7 Å². The molecule has 1 saturated heterocycles. The molecule has 0 radical (unpaired) electrons. The van der Waals surface area contributed by atoms with Crippen LogP contribution in [0.2, 0.25) is 0 Å². The standard InChI is InChI=1S/C18H20FN3O3.2ClH/c19-14-4-1-5-15(11-14)25-16-13(3-2-8-21-16)12-22-17(23)18(20)6-9-24-10-7-18;;/h1-5,8,11H,6-7,9-10,12,20H2,(H,22,23);2*1H. The van der Waals surface area contributed by atoms with E-state index in [0.29, 0.717) is 43.2 Å². The summed E-state index contributed by atoms with van der Waals surface area (Å²) in [7, 11) is 0. The molecular formula is C18H22Cl2FN3O3. The SMILES string of the molecule is Cl.Cl.NC1(C(=O)NCc2cccnc2Oc2cccc(F)c2)CCOCC1. The Labute approximate surface area is 169 Å². The quantitative estimate of drug-likeness (QED) is 0.780. The monoisotopic (exact) mass is 417 g/mol. The molecule has 3 N–H and O–H groups in total. The summed E-state index contributed by atoms with van der Waals surface area (Å²) < 4.78 is 24.2. The van der Waals surface area contributed by atoms with Gasteiger partial charge in [0.15, 0.2) is 0 Å². The number of nitrogens with two attached hydrogens (primary N) is 1. The third-order valence-electron chi connectivity index (χ3n) is 4.14. The molecule has 1 aromatic carbocycles. The summed E-state index contributed by atoms with van der Waals surface area (Å²) in [6.45, 7) is 1.17. The zero-order valence-electron chi connectivity index (χ0n) is 14.5. The zero-order chi connectivity index (χ0) is 17.7. The number of amides is 1. The van der Waals surface area contributed by atoms with Crippen LogP contribution in [-0.2, 0) is 16.1 Å². The van der Waals surface area contributed by atoms with E-state index in [0.717, 1.165) is 0 Å². The Bertz CT molecular complexity index is 758. The van der Waals surface area contributed by atoms with E-state index in [9.17, 15) is 9.18 Å². The number of ether oxygens (including phenoxy) is 2. The Kier molecular flexibility index (Phi) is 8.92. The molecule has 2 aromatic rings. The number of hydrogen-bond acceptors (Lipinski definition) is 5. The minimum absolute atomic E-state index is 0. The minimum atomic E-state index is -0.913. The van der Waals surface area contributed by atoms with Crippen LogP contribution in [-0.4, -0.2) is 29.6 Å². The summed E-state index contributed by atoms with van der Waals surface area (Å²) in [5, 5.41) is 2.83.